The van der Waals surface area contributed by atoms with Crippen molar-refractivity contribution < 1.29 is 40.4 Å². The molecule has 1 saturated carbocycles. The highest BCUT2D eigenvalue weighted by Gasteiger charge is 2.58. The molecule has 0 unspecified atom stereocenters. The van der Waals surface area contributed by atoms with Gasteiger partial charge in [0.1, 0.15) is 10.6 Å². The van der Waals surface area contributed by atoms with Gasteiger partial charge in [-0.25, -0.2) is 30.7 Å². The minimum Gasteiger partial charge on any atom is -0.351 e. The van der Waals surface area contributed by atoms with Crippen molar-refractivity contribution >= 4 is 33.4 Å². The van der Waals surface area contributed by atoms with Crippen LogP contribution in [0.1, 0.15) is 10.5 Å². The topological polar surface area (TPSA) is 130 Å². The molecule has 0 radical (unpaired) electrons. The Morgan fingerprint density at radius 2 is 1.57 bits per heavy atom. The Hall–Kier alpha value is -3.46. The number of carbonyl (C=O) groups excluding carboxylic acids is 3. The first kappa shape index (κ1) is 24.7. The van der Waals surface area contributed by atoms with E-state index in [-0.39, 0.29) is 24.9 Å². The Bertz CT molecular complexity index is 1330. The summed E-state index contributed by atoms with van der Waals surface area (Å²) < 4.78 is 83.7. The van der Waals surface area contributed by atoms with Crippen molar-refractivity contribution in [2.75, 3.05) is 25.5 Å². The number of anilines is 1. The van der Waals surface area contributed by atoms with Crippen molar-refractivity contribution in [2.45, 2.75) is 10.9 Å². The third-order valence-corrected chi connectivity index (χ3v) is 7.47. The van der Waals surface area contributed by atoms with E-state index in [1.807, 2.05) is 5.32 Å². The first-order valence-electron chi connectivity index (χ1n) is 10.2. The molecule has 3 atom stereocenters. The summed E-state index contributed by atoms with van der Waals surface area (Å²) >= 11 is 0. The number of likely N-dealkylation sites (tertiary alicyclic amines) is 1. The molecule has 1 aliphatic carbocycles. The second-order valence-electron chi connectivity index (χ2n) is 8.24. The number of hydrogen-bond acceptors (Lipinski definition) is 5. The molecule has 10 nitrogen and oxygen atoms in total. The zero-order chi connectivity index (χ0) is 25.8. The molecule has 0 spiro atoms. The average molecular weight is 517 g/mol. The third-order valence-electron chi connectivity index (χ3n) is 6.03. The summed E-state index contributed by atoms with van der Waals surface area (Å²) in [7, 11) is -1.93. The first-order chi connectivity index (χ1) is 16.4. The van der Waals surface area contributed by atoms with Crippen LogP contribution >= 0.6 is 0 Å². The third kappa shape index (κ3) is 4.36. The summed E-state index contributed by atoms with van der Waals surface area (Å²) in [6.45, 7) is 0.305. The predicted molar refractivity (Wildman–Crippen MR) is 111 cm³/mol. The highest BCUT2D eigenvalue weighted by Crippen LogP contribution is 2.46. The van der Waals surface area contributed by atoms with E-state index in [1.165, 1.54) is 19.0 Å². The molecular formula is C20H19F4N5O5S. The lowest BCUT2D eigenvalue weighted by molar-refractivity contribution is -0.145. The van der Waals surface area contributed by atoms with Gasteiger partial charge in [0.25, 0.3) is 5.91 Å². The fourth-order valence-corrected chi connectivity index (χ4v) is 5.66. The highest BCUT2D eigenvalue weighted by atomic mass is 32.2. The van der Waals surface area contributed by atoms with E-state index in [4.69, 9.17) is 0 Å². The van der Waals surface area contributed by atoms with Crippen LogP contribution in [0.2, 0.25) is 0 Å². The molecule has 15 heteroatoms. The van der Waals surface area contributed by atoms with Crippen molar-refractivity contribution in [3.05, 3.63) is 47.3 Å². The smallest absolute Gasteiger partial charge is 0.311 e. The number of aromatic nitrogens is 1. The molecule has 1 aromatic heterocycles. The number of aryl methyl sites for hydroxylation is 1. The number of fused-ring (bicyclic) bond motifs is 1. The van der Waals surface area contributed by atoms with Crippen LogP contribution in [0.4, 0.5) is 23.2 Å². The Morgan fingerprint density at radius 3 is 2.11 bits per heavy atom. The molecule has 2 aliphatic rings. The minimum absolute atomic E-state index is 0.153. The largest absolute Gasteiger partial charge is 0.351 e. The number of rotatable bonds is 5. The summed E-state index contributed by atoms with van der Waals surface area (Å²) in [5, 5.41) is 4.21. The molecule has 188 valence electrons. The molecule has 0 bridgehead atoms. The summed E-state index contributed by atoms with van der Waals surface area (Å²) in [6.07, 6.45) is 0.859. The van der Waals surface area contributed by atoms with Gasteiger partial charge in [0, 0.05) is 57.2 Å². The van der Waals surface area contributed by atoms with E-state index in [0.29, 0.717) is 12.1 Å². The molecule has 1 aromatic carbocycles. The highest BCUT2D eigenvalue weighted by molar-refractivity contribution is 7.89. The number of amides is 3. The molecule has 2 aromatic rings. The lowest BCUT2D eigenvalue weighted by Gasteiger charge is -2.19. The van der Waals surface area contributed by atoms with Gasteiger partial charge in [-0.3, -0.25) is 14.4 Å². The Kier molecular flexibility index (Phi) is 6.09. The van der Waals surface area contributed by atoms with Gasteiger partial charge >= 0.3 is 11.8 Å². The number of piperidine rings is 1. The summed E-state index contributed by atoms with van der Waals surface area (Å²) in [5.41, 5.74) is -1.25. The van der Waals surface area contributed by atoms with Crippen LogP contribution in [0, 0.1) is 35.1 Å². The van der Waals surface area contributed by atoms with Gasteiger partial charge in [-0.2, -0.15) is 0 Å². The minimum atomic E-state index is -4.43. The number of nitrogens with one attached hydrogen (secondary N) is 3. The Labute approximate surface area is 196 Å². The number of nitrogens with zero attached hydrogens (tertiary/aromatic N) is 2. The molecule has 2 heterocycles. The quantitative estimate of drug-likeness (QED) is 0.299. The van der Waals surface area contributed by atoms with Crippen molar-refractivity contribution in [3.8, 4) is 0 Å². The van der Waals surface area contributed by atoms with E-state index in [1.54, 1.807) is 0 Å². The number of carbonyl (C=O) groups is 3. The molecule has 1 aliphatic heterocycles. The van der Waals surface area contributed by atoms with Crippen molar-refractivity contribution in [2.24, 2.45) is 18.9 Å². The van der Waals surface area contributed by atoms with Gasteiger partial charge < -0.3 is 20.1 Å². The fraction of sp³-hybridized carbons (Fsp3) is 0.350. The van der Waals surface area contributed by atoms with E-state index in [2.05, 4.69) is 10.0 Å². The average Bonchev–Trinajstić information content (AvgIpc) is 3.11. The summed E-state index contributed by atoms with van der Waals surface area (Å²) in [6, 6.07) is 0.386. The molecule has 35 heavy (non-hydrogen) atoms. The van der Waals surface area contributed by atoms with Crippen LogP contribution in [0.5, 0.6) is 0 Å². The summed E-state index contributed by atoms with van der Waals surface area (Å²) in [4.78, 5) is 36.3. The van der Waals surface area contributed by atoms with Gasteiger partial charge in [0.2, 0.25) is 10.0 Å². The first-order valence-corrected chi connectivity index (χ1v) is 11.7. The zero-order valence-corrected chi connectivity index (χ0v) is 19.1. The lowest BCUT2D eigenvalue weighted by Crippen LogP contribution is -2.43. The van der Waals surface area contributed by atoms with E-state index < -0.39 is 73.3 Å². The van der Waals surface area contributed by atoms with Gasteiger partial charge in [-0.1, -0.05) is 0 Å². The lowest BCUT2D eigenvalue weighted by atomic mass is 10.2. The number of benzene rings is 1. The maximum atomic E-state index is 15.0. The van der Waals surface area contributed by atoms with Gasteiger partial charge in [0.15, 0.2) is 23.3 Å². The van der Waals surface area contributed by atoms with E-state index in [9.17, 15) is 36.0 Å². The Balaban J connectivity index is 1.47. The molecule has 1 saturated heterocycles. The number of halogens is 4. The van der Waals surface area contributed by atoms with Crippen LogP contribution in [-0.4, -0.2) is 61.8 Å². The second kappa shape index (κ2) is 8.64. The van der Waals surface area contributed by atoms with Crippen molar-refractivity contribution in [1.29, 1.82) is 0 Å². The van der Waals surface area contributed by atoms with Crippen LogP contribution in [-0.2, 0) is 26.7 Å². The molecule has 2 fully saturated rings. The molecule has 4 rings (SSSR count). The van der Waals surface area contributed by atoms with E-state index in [0.717, 1.165) is 10.8 Å². The van der Waals surface area contributed by atoms with Crippen LogP contribution in [0.15, 0.2) is 23.2 Å². The van der Waals surface area contributed by atoms with E-state index >= 15 is 4.39 Å². The Morgan fingerprint density at radius 1 is 1.00 bits per heavy atom. The van der Waals surface area contributed by atoms with Gasteiger partial charge in [-0.15, -0.1) is 0 Å². The second-order valence-corrected chi connectivity index (χ2v) is 9.92. The zero-order valence-electron chi connectivity index (χ0n) is 18.2. The predicted octanol–water partition coefficient (Wildman–Crippen LogP) is 0.315. The van der Waals surface area contributed by atoms with Crippen molar-refractivity contribution in [3.63, 3.8) is 0 Å². The van der Waals surface area contributed by atoms with Crippen LogP contribution < -0.4 is 15.4 Å². The number of hydrogen-bond donors (Lipinski definition) is 3. The summed E-state index contributed by atoms with van der Waals surface area (Å²) in [5.74, 6) is -9.55. The van der Waals surface area contributed by atoms with Crippen LogP contribution in [0.3, 0.4) is 0 Å². The maximum absolute atomic E-state index is 15.0. The fourth-order valence-electron chi connectivity index (χ4n) is 4.19. The van der Waals surface area contributed by atoms with Crippen molar-refractivity contribution in [1.82, 2.24) is 19.5 Å². The van der Waals surface area contributed by atoms with Gasteiger partial charge in [-0.05, 0) is 11.8 Å². The normalized spacial score (nSPS) is 21.0. The number of sulfonamides is 1. The molecule has 3 amide bonds. The molecule has 3 N–H and O–H groups in total. The number of likely N-dealkylation sites (N-methyl/N-ethyl adjacent to an activating group) is 1. The standard InChI is InChI=1S/C20H19F4N5O5S/c1-25-19(31)20(32)29-5-9-10(6-29)16(9)27-35(33,34)13-7-28(2)17(15(13)24)18(30)26-8-3-11(21)14(23)12(22)4-8/h3-4,7,9-10,16,27H,5-6H2,1-2H3,(H,25,31)(H,26,30)/t9-,10+,16-. The SMILES string of the molecule is CNC(=O)C(=O)N1C[C@@H]2[C@H](C1)[C@@H]2NS(=O)(=O)c1cn(C)c(C(=O)Nc2cc(F)c(F)c(F)c2)c1F. The van der Waals surface area contributed by atoms with Crippen LogP contribution in [0.25, 0.3) is 0 Å². The monoisotopic (exact) mass is 517 g/mol. The molecular weight excluding hydrogens is 498 g/mol. The maximum Gasteiger partial charge on any atom is 0.311 e. The van der Waals surface area contributed by atoms with Gasteiger partial charge in [0.05, 0.1) is 0 Å².